The van der Waals surface area contributed by atoms with Gasteiger partial charge in [0.1, 0.15) is 0 Å². The number of carbonyl (C=O) groups is 1. The van der Waals surface area contributed by atoms with E-state index in [2.05, 4.69) is 11.8 Å². The summed E-state index contributed by atoms with van der Waals surface area (Å²) in [6, 6.07) is 0.0999. The number of nitrogens with two attached hydrogens (primary N) is 1. The highest BCUT2D eigenvalue weighted by molar-refractivity contribution is 5.85. The fourth-order valence-corrected chi connectivity index (χ4v) is 3.01. The van der Waals surface area contributed by atoms with Crippen LogP contribution in [0.3, 0.4) is 0 Å². The minimum atomic E-state index is -0.365. The number of hydrogen-bond acceptors (Lipinski definition) is 4. The van der Waals surface area contributed by atoms with E-state index < -0.39 is 0 Å². The SMILES string of the molecule is CC1CN(C(=O)[C@@H](N)C(C)C)CC1N1CCOCC1.Cl. The largest absolute Gasteiger partial charge is 0.379 e. The van der Waals surface area contributed by atoms with Crippen molar-refractivity contribution in [1.29, 1.82) is 0 Å². The van der Waals surface area contributed by atoms with Crippen molar-refractivity contribution in [3.63, 3.8) is 0 Å². The number of nitrogens with zero attached hydrogens (tertiary/aromatic N) is 2. The van der Waals surface area contributed by atoms with Gasteiger partial charge in [-0.05, 0) is 11.8 Å². The van der Waals surface area contributed by atoms with E-state index in [1.165, 1.54) is 0 Å². The summed E-state index contributed by atoms with van der Waals surface area (Å²) in [5, 5.41) is 0. The predicted molar refractivity (Wildman–Crippen MR) is 82.0 cm³/mol. The first kappa shape index (κ1) is 17.7. The molecule has 6 heteroatoms. The zero-order valence-corrected chi connectivity index (χ0v) is 13.6. The molecule has 1 amide bonds. The molecule has 0 aromatic rings. The van der Waals surface area contributed by atoms with Gasteiger partial charge in [-0.25, -0.2) is 0 Å². The van der Waals surface area contributed by atoms with Gasteiger partial charge in [-0.1, -0.05) is 20.8 Å². The second-order valence-electron chi connectivity index (χ2n) is 6.21. The molecule has 2 saturated heterocycles. The number of amides is 1. The third kappa shape index (κ3) is 3.85. The van der Waals surface area contributed by atoms with Crippen molar-refractivity contribution in [3.8, 4) is 0 Å². The highest BCUT2D eigenvalue weighted by Crippen LogP contribution is 2.23. The summed E-state index contributed by atoms with van der Waals surface area (Å²) in [4.78, 5) is 16.7. The van der Waals surface area contributed by atoms with Crippen LogP contribution in [0.5, 0.6) is 0 Å². The average Bonchev–Trinajstić information content (AvgIpc) is 2.80. The maximum Gasteiger partial charge on any atom is 0.239 e. The Labute approximate surface area is 128 Å². The molecule has 2 unspecified atom stereocenters. The van der Waals surface area contributed by atoms with Crippen LogP contribution >= 0.6 is 12.4 Å². The van der Waals surface area contributed by atoms with Crippen LogP contribution in [0.4, 0.5) is 0 Å². The quantitative estimate of drug-likeness (QED) is 0.828. The highest BCUT2D eigenvalue weighted by atomic mass is 35.5. The Morgan fingerprint density at radius 1 is 1.25 bits per heavy atom. The zero-order chi connectivity index (χ0) is 14.0. The van der Waals surface area contributed by atoms with Crippen molar-refractivity contribution in [2.75, 3.05) is 39.4 Å². The number of halogens is 1. The third-order valence-electron chi connectivity index (χ3n) is 4.40. The standard InChI is InChI=1S/C14H27N3O2.ClH/c1-10(2)13(15)14(18)17-8-11(3)12(9-17)16-4-6-19-7-5-16;/h10-13H,4-9,15H2,1-3H3;1H/t11?,12?,13-;/m0./s1. The van der Waals surface area contributed by atoms with E-state index in [9.17, 15) is 4.79 Å². The minimum Gasteiger partial charge on any atom is -0.379 e. The molecule has 2 aliphatic heterocycles. The van der Waals surface area contributed by atoms with Gasteiger partial charge in [0.05, 0.1) is 19.3 Å². The van der Waals surface area contributed by atoms with E-state index in [4.69, 9.17) is 10.5 Å². The molecule has 5 nitrogen and oxygen atoms in total. The predicted octanol–water partition coefficient (Wildman–Crippen LogP) is 0.571. The second-order valence-corrected chi connectivity index (χ2v) is 6.21. The van der Waals surface area contributed by atoms with E-state index >= 15 is 0 Å². The van der Waals surface area contributed by atoms with Crippen LogP contribution in [0.25, 0.3) is 0 Å². The highest BCUT2D eigenvalue weighted by Gasteiger charge is 2.38. The zero-order valence-electron chi connectivity index (χ0n) is 12.7. The first-order valence-electron chi connectivity index (χ1n) is 7.37. The minimum absolute atomic E-state index is 0. The van der Waals surface area contributed by atoms with Gasteiger partial charge < -0.3 is 15.4 Å². The summed E-state index contributed by atoms with van der Waals surface area (Å²) in [7, 11) is 0. The molecule has 0 saturated carbocycles. The molecule has 2 heterocycles. The topological polar surface area (TPSA) is 58.8 Å². The summed E-state index contributed by atoms with van der Waals surface area (Å²) in [5.41, 5.74) is 5.98. The molecule has 0 aromatic carbocycles. The number of hydrogen-bond donors (Lipinski definition) is 1. The summed E-state index contributed by atoms with van der Waals surface area (Å²) in [5.74, 6) is 0.823. The number of carbonyl (C=O) groups excluding carboxylic acids is 1. The van der Waals surface area contributed by atoms with Crippen LogP contribution in [0.1, 0.15) is 20.8 Å². The lowest BCUT2D eigenvalue weighted by Gasteiger charge is -2.34. The Morgan fingerprint density at radius 3 is 2.40 bits per heavy atom. The fraction of sp³-hybridized carbons (Fsp3) is 0.929. The maximum atomic E-state index is 12.3. The Bertz CT molecular complexity index is 322. The molecule has 0 bridgehead atoms. The van der Waals surface area contributed by atoms with E-state index in [-0.39, 0.29) is 30.3 Å². The maximum absolute atomic E-state index is 12.3. The second kappa shape index (κ2) is 7.59. The molecule has 3 atom stereocenters. The monoisotopic (exact) mass is 305 g/mol. The number of morpholine rings is 1. The van der Waals surface area contributed by atoms with Crippen molar-refractivity contribution in [1.82, 2.24) is 9.80 Å². The number of rotatable bonds is 3. The molecule has 0 spiro atoms. The van der Waals surface area contributed by atoms with Crippen molar-refractivity contribution < 1.29 is 9.53 Å². The first-order chi connectivity index (χ1) is 9.00. The van der Waals surface area contributed by atoms with E-state index in [1.807, 2.05) is 18.7 Å². The van der Waals surface area contributed by atoms with E-state index in [0.29, 0.717) is 12.0 Å². The lowest BCUT2D eigenvalue weighted by atomic mass is 10.0. The van der Waals surface area contributed by atoms with Crippen molar-refractivity contribution in [2.45, 2.75) is 32.9 Å². The molecule has 0 aromatic heterocycles. The molecule has 2 N–H and O–H groups in total. The molecule has 2 rings (SSSR count). The van der Waals surface area contributed by atoms with Crippen molar-refractivity contribution >= 4 is 18.3 Å². The van der Waals surface area contributed by atoms with Gasteiger partial charge in [-0.2, -0.15) is 0 Å². The Morgan fingerprint density at radius 2 is 1.85 bits per heavy atom. The van der Waals surface area contributed by atoms with Gasteiger partial charge in [0.2, 0.25) is 5.91 Å². The third-order valence-corrected chi connectivity index (χ3v) is 4.40. The van der Waals surface area contributed by atoms with Crippen LogP contribution in [0.2, 0.25) is 0 Å². The first-order valence-corrected chi connectivity index (χ1v) is 7.37. The van der Waals surface area contributed by atoms with Gasteiger partial charge in [0.25, 0.3) is 0 Å². The van der Waals surface area contributed by atoms with Crippen LogP contribution in [-0.2, 0) is 9.53 Å². The van der Waals surface area contributed by atoms with Gasteiger partial charge in [-0.3, -0.25) is 9.69 Å². The number of ether oxygens (including phenoxy) is 1. The molecular weight excluding hydrogens is 278 g/mol. The summed E-state index contributed by atoms with van der Waals surface area (Å²) in [6.07, 6.45) is 0. The van der Waals surface area contributed by atoms with Gasteiger partial charge in [0, 0.05) is 32.2 Å². The van der Waals surface area contributed by atoms with E-state index in [1.54, 1.807) is 0 Å². The Balaban J connectivity index is 0.00000200. The molecule has 2 aliphatic rings. The van der Waals surface area contributed by atoms with Gasteiger partial charge in [0.15, 0.2) is 0 Å². The van der Waals surface area contributed by atoms with E-state index in [0.717, 1.165) is 39.4 Å². The lowest BCUT2D eigenvalue weighted by molar-refractivity contribution is -0.132. The molecular formula is C14H28ClN3O2. The molecule has 0 aliphatic carbocycles. The van der Waals surface area contributed by atoms with Crippen LogP contribution in [-0.4, -0.2) is 67.2 Å². The number of likely N-dealkylation sites (tertiary alicyclic amines) is 1. The van der Waals surface area contributed by atoms with Gasteiger partial charge >= 0.3 is 0 Å². The molecule has 20 heavy (non-hydrogen) atoms. The van der Waals surface area contributed by atoms with Crippen molar-refractivity contribution in [2.24, 2.45) is 17.6 Å². The molecule has 118 valence electrons. The van der Waals surface area contributed by atoms with Crippen molar-refractivity contribution in [3.05, 3.63) is 0 Å². The van der Waals surface area contributed by atoms with Gasteiger partial charge in [-0.15, -0.1) is 12.4 Å². The smallest absolute Gasteiger partial charge is 0.239 e. The summed E-state index contributed by atoms with van der Waals surface area (Å²) < 4.78 is 5.40. The molecule has 0 radical (unpaired) electrons. The van der Waals surface area contributed by atoms with Crippen LogP contribution in [0, 0.1) is 11.8 Å². The Kier molecular flexibility index (Phi) is 6.72. The molecule has 2 fully saturated rings. The normalized spacial score (nSPS) is 29.4. The lowest BCUT2D eigenvalue weighted by Crippen LogP contribution is -2.49. The average molecular weight is 306 g/mol. The summed E-state index contributed by atoms with van der Waals surface area (Å²) >= 11 is 0. The Hall–Kier alpha value is -0.360. The van der Waals surface area contributed by atoms with Crippen LogP contribution in [0.15, 0.2) is 0 Å². The fourth-order valence-electron chi connectivity index (χ4n) is 3.01. The summed E-state index contributed by atoms with van der Waals surface area (Å²) in [6.45, 7) is 11.5. The van der Waals surface area contributed by atoms with Crippen LogP contribution < -0.4 is 5.73 Å².